The SMILES string of the molecule is CC/C=C\C/C=C\C/C=C\CCCCCC(=O)OC(COC(=O)CCCCCCCCCC)COC(=O)CCCCCCCCCCCCCCCCCCC/C=C\CCCCCCCCCC. The van der Waals surface area contributed by atoms with E-state index < -0.39 is 6.10 Å². The fourth-order valence-corrected chi connectivity index (χ4v) is 8.63. The lowest BCUT2D eigenvalue weighted by atomic mass is 10.0. The van der Waals surface area contributed by atoms with Gasteiger partial charge in [0.05, 0.1) is 0 Å². The summed E-state index contributed by atoms with van der Waals surface area (Å²) in [5.74, 6) is -0.905. The van der Waals surface area contributed by atoms with Crippen molar-refractivity contribution >= 4 is 17.9 Å². The first kappa shape index (κ1) is 65.4. The molecule has 0 aromatic carbocycles. The van der Waals surface area contributed by atoms with E-state index in [1.165, 1.54) is 186 Å². The average Bonchev–Trinajstić information content (AvgIpc) is 3.34. The van der Waals surface area contributed by atoms with Crippen molar-refractivity contribution in [2.24, 2.45) is 0 Å². The lowest BCUT2D eigenvalue weighted by Gasteiger charge is -2.18. The maximum Gasteiger partial charge on any atom is 0.306 e. The maximum atomic E-state index is 12.8. The molecule has 0 aromatic rings. The lowest BCUT2D eigenvalue weighted by Crippen LogP contribution is -2.30. The van der Waals surface area contributed by atoms with E-state index in [-0.39, 0.29) is 31.1 Å². The topological polar surface area (TPSA) is 78.9 Å². The minimum absolute atomic E-state index is 0.0819. The van der Waals surface area contributed by atoms with Crippen LogP contribution in [0.5, 0.6) is 0 Å². The molecule has 0 spiro atoms. The van der Waals surface area contributed by atoms with E-state index >= 15 is 0 Å². The second-order valence-electron chi connectivity index (χ2n) is 19.9. The number of unbranched alkanes of at least 4 members (excludes halogenated alkanes) is 35. The highest BCUT2D eigenvalue weighted by Crippen LogP contribution is 2.17. The molecule has 6 nitrogen and oxygen atoms in total. The number of esters is 3. The minimum Gasteiger partial charge on any atom is -0.462 e. The first-order valence-electron chi connectivity index (χ1n) is 29.6. The summed E-state index contributed by atoms with van der Waals surface area (Å²) in [5.41, 5.74) is 0. The van der Waals surface area contributed by atoms with E-state index in [9.17, 15) is 14.4 Å². The first-order chi connectivity index (χ1) is 33.5. The summed E-state index contributed by atoms with van der Waals surface area (Å²) in [6.45, 7) is 6.50. The van der Waals surface area contributed by atoms with Gasteiger partial charge in [0.25, 0.3) is 0 Å². The standard InChI is InChI=1S/C62H112O6/c1-4-7-10-13-16-19-21-23-24-25-26-27-28-29-30-31-32-33-34-35-36-37-38-40-41-43-46-49-52-55-61(64)67-58-59(57-66-60(63)54-51-48-45-18-15-12-9-6-3)68-62(65)56-53-50-47-44-42-39-22-20-17-14-11-8-5-2/h8,11,17,20,25-26,39,42,59H,4-7,9-10,12-16,18-19,21-24,27-38,40-41,43-58H2,1-3H3/b11-8-,20-17-,26-25-,42-39-. The monoisotopic (exact) mass is 953 g/mol. The summed E-state index contributed by atoms with van der Waals surface area (Å²) in [5, 5.41) is 0. The molecule has 0 aliphatic carbocycles. The third-order valence-corrected chi connectivity index (χ3v) is 13.1. The molecule has 0 aromatic heterocycles. The summed E-state index contributed by atoms with van der Waals surface area (Å²) in [6.07, 6.45) is 70.1. The fraction of sp³-hybridized carbons (Fsp3) is 0.823. The molecule has 0 aliphatic rings. The molecule has 1 atom stereocenters. The Bertz CT molecular complexity index is 1190. The quantitative estimate of drug-likeness (QED) is 0.0262. The zero-order valence-corrected chi connectivity index (χ0v) is 45.4. The first-order valence-corrected chi connectivity index (χ1v) is 29.6. The predicted octanol–water partition coefficient (Wildman–Crippen LogP) is 19.8. The molecular formula is C62H112O6. The Hall–Kier alpha value is -2.63. The molecule has 6 heteroatoms. The molecule has 0 N–H and O–H groups in total. The van der Waals surface area contributed by atoms with E-state index in [2.05, 4.69) is 69.4 Å². The molecule has 0 saturated heterocycles. The van der Waals surface area contributed by atoms with Crippen LogP contribution in [0.15, 0.2) is 48.6 Å². The maximum absolute atomic E-state index is 12.8. The summed E-state index contributed by atoms with van der Waals surface area (Å²) < 4.78 is 16.8. The van der Waals surface area contributed by atoms with Crippen LogP contribution in [-0.2, 0) is 28.6 Å². The number of carbonyl (C=O) groups excluding carboxylic acids is 3. The molecule has 0 amide bonds. The Labute approximate surface area is 422 Å². The van der Waals surface area contributed by atoms with Crippen molar-refractivity contribution in [1.29, 1.82) is 0 Å². The van der Waals surface area contributed by atoms with Gasteiger partial charge in [0.1, 0.15) is 13.2 Å². The Kier molecular flexibility index (Phi) is 54.8. The zero-order chi connectivity index (χ0) is 49.3. The van der Waals surface area contributed by atoms with Crippen LogP contribution in [0.3, 0.4) is 0 Å². The van der Waals surface area contributed by atoms with Gasteiger partial charge in [0.15, 0.2) is 6.10 Å². The number of carbonyl (C=O) groups is 3. The second-order valence-corrected chi connectivity index (χ2v) is 19.9. The number of allylic oxidation sites excluding steroid dienone is 8. The Morgan fingerprint density at radius 2 is 0.574 bits per heavy atom. The number of hydrogen-bond donors (Lipinski definition) is 0. The van der Waals surface area contributed by atoms with Gasteiger partial charge >= 0.3 is 17.9 Å². The van der Waals surface area contributed by atoms with Crippen LogP contribution in [0.25, 0.3) is 0 Å². The molecule has 0 bridgehead atoms. The van der Waals surface area contributed by atoms with Gasteiger partial charge in [-0.1, -0.05) is 262 Å². The van der Waals surface area contributed by atoms with Crippen molar-refractivity contribution in [2.75, 3.05) is 13.2 Å². The smallest absolute Gasteiger partial charge is 0.306 e. The lowest BCUT2D eigenvalue weighted by molar-refractivity contribution is -0.167. The van der Waals surface area contributed by atoms with Gasteiger partial charge in [-0.2, -0.15) is 0 Å². The van der Waals surface area contributed by atoms with Gasteiger partial charge in [-0.15, -0.1) is 0 Å². The Morgan fingerprint density at radius 1 is 0.309 bits per heavy atom. The van der Waals surface area contributed by atoms with Crippen LogP contribution in [0.1, 0.15) is 310 Å². The van der Waals surface area contributed by atoms with E-state index in [4.69, 9.17) is 14.2 Å². The van der Waals surface area contributed by atoms with E-state index in [0.717, 1.165) is 83.5 Å². The Morgan fingerprint density at radius 3 is 0.926 bits per heavy atom. The number of rotatable bonds is 54. The molecule has 396 valence electrons. The predicted molar refractivity (Wildman–Crippen MR) is 293 cm³/mol. The van der Waals surface area contributed by atoms with Crippen molar-refractivity contribution in [3.8, 4) is 0 Å². The Balaban J connectivity index is 4.05. The zero-order valence-electron chi connectivity index (χ0n) is 45.4. The third-order valence-electron chi connectivity index (χ3n) is 13.1. The third kappa shape index (κ3) is 54.3. The molecular weight excluding hydrogens is 841 g/mol. The molecule has 0 rings (SSSR count). The highest BCUT2D eigenvalue weighted by molar-refractivity contribution is 5.71. The van der Waals surface area contributed by atoms with Crippen molar-refractivity contribution in [2.45, 2.75) is 316 Å². The van der Waals surface area contributed by atoms with Crippen LogP contribution in [0.4, 0.5) is 0 Å². The van der Waals surface area contributed by atoms with Crippen molar-refractivity contribution in [3.05, 3.63) is 48.6 Å². The average molecular weight is 954 g/mol. The van der Waals surface area contributed by atoms with Gasteiger partial charge in [0, 0.05) is 19.3 Å². The highest BCUT2D eigenvalue weighted by atomic mass is 16.6. The van der Waals surface area contributed by atoms with Crippen LogP contribution in [0, 0.1) is 0 Å². The normalized spacial score (nSPS) is 12.3. The summed E-state index contributed by atoms with van der Waals surface area (Å²) in [7, 11) is 0. The largest absolute Gasteiger partial charge is 0.462 e. The van der Waals surface area contributed by atoms with Gasteiger partial charge in [-0.05, 0) is 77.0 Å². The van der Waals surface area contributed by atoms with E-state index in [0.29, 0.717) is 19.3 Å². The van der Waals surface area contributed by atoms with Crippen molar-refractivity contribution < 1.29 is 28.6 Å². The number of hydrogen-bond acceptors (Lipinski definition) is 6. The second kappa shape index (κ2) is 57.0. The highest BCUT2D eigenvalue weighted by Gasteiger charge is 2.19. The summed E-state index contributed by atoms with van der Waals surface area (Å²) >= 11 is 0. The molecule has 0 saturated carbocycles. The van der Waals surface area contributed by atoms with Crippen LogP contribution in [-0.4, -0.2) is 37.2 Å². The molecule has 0 heterocycles. The van der Waals surface area contributed by atoms with Gasteiger partial charge in [0.2, 0.25) is 0 Å². The van der Waals surface area contributed by atoms with Gasteiger partial charge in [-0.3, -0.25) is 14.4 Å². The van der Waals surface area contributed by atoms with Crippen LogP contribution < -0.4 is 0 Å². The van der Waals surface area contributed by atoms with Gasteiger partial charge < -0.3 is 14.2 Å². The minimum atomic E-state index is -0.783. The van der Waals surface area contributed by atoms with Crippen molar-refractivity contribution in [3.63, 3.8) is 0 Å². The van der Waals surface area contributed by atoms with Crippen LogP contribution in [0.2, 0.25) is 0 Å². The van der Waals surface area contributed by atoms with Crippen LogP contribution >= 0.6 is 0 Å². The van der Waals surface area contributed by atoms with Crippen molar-refractivity contribution in [1.82, 2.24) is 0 Å². The molecule has 0 radical (unpaired) electrons. The molecule has 1 unspecified atom stereocenters. The molecule has 0 aliphatic heterocycles. The van der Waals surface area contributed by atoms with Gasteiger partial charge in [-0.25, -0.2) is 0 Å². The number of ether oxygens (including phenoxy) is 3. The van der Waals surface area contributed by atoms with E-state index in [1.807, 2.05) is 0 Å². The van der Waals surface area contributed by atoms with E-state index in [1.54, 1.807) is 0 Å². The summed E-state index contributed by atoms with van der Waals surface area (Å²) in [6, 6.07) is 0. The molecule has 0 fully saturated rings. The summed E-state index contributed by atoms with van der Waals surface area (Å²) in [4.78, 5) is 37.9. The fourth-order valence-electron chi connectivity index (χ4n) is 8.63. The molecule has 68 heavy (non-hydrogen) atoms.